The Morgan fingerprint density at radius 2 is 1.48 bits per heavy atom. The summed E-state index contributed by atoms with van der Waals surface area (Å²) < 4.78 is 27.9. The van der Waals surface area contributed by atoms with Gasteiger partial charge in [-0.1, -0.05) is 54.9 Å². The average molecular weight is 382 g/mol. The molecule has 0 atom stereocenters. The number of rotatable bonds is 10. The van der Waals surface area contributed by atoms with Crippen LogP contribution in [0.15, 0.2) is 0 Å². The molecule has 0 bridgehead atoms. The quantitative estimate of drug-likeness (QED) is 0.615. The van der Waals surface area contributed by atoms with Crippen LogP contribution in [0.4, 0.5) is 0 Å². The standard InChI is InChI=1S/C15H31NO4S.2C2H6/c1-7-8-15(4,5)20-11-9-14(2,3)13(17)16-10-12-21(6,18)19;2*1-2/h7-12H2,1-6H3,(H,16,17);2*1-2H3. The monoisotopic (exact) mass is 381 g/mol. The van der Waals surface area contributed by atoms with Gasteiger partial charge in [0, 0.05) is 24.8 Å². The van der Waals surface area contributed by atoms with Crippen molar-refractivity contribution in [3.8, 4) is 0 Å². The van der Waals surface area contributed by atoms with Gasteiger partial charge in [0.1, 0.15) is 9.84 Å². The summed E-state index contributed by atoms with van der Waals surface area (Å²) in [6.45, 7) is 18.6. The van der Waals surface area contributed by atoms with Gasteiger partial charge < -0.3 is 10.1 Å². The number of sulfone groups is 1. The molecule has 0 saturated heterocycles. The highest BCUT2D eigenvalue weighted by atomic mass is 32.2. The lowest BCUT2D eigenvalue weighted by atomic mass is 9.88. The van der Waals surface area contributed by atoms with Gasteiger partial charge in [-0.3, -0.25) is 4.79 Å². The summed E-state index contributed by atoms with van der Waals surface area (Å²) in [6, 6.07) is 0. The van der Waals surface area contributed by atoms with Gasteiger partial charge in [-0.25, -0.2) is 8.42 Å². The van der Waals surface area contributed by atoms with Crippen molar-refractivity contribution in [3.05, 3.63) is 0 Å². The molecule has 1 N–H and O–H groups in total. The van der Waals surface area contributed by atoms with Crippen LogP contribution in [0.5, 0.6) is 0 Å². The summed E-state index contributed by atoms with van der Waals surface area (Å²) in [7, 11) is -3.05. The molecule has 0 fully saturated rings. The third-order valence-electron chi connectivity index (χ3n) is 3.45. The predicted molar refractivity (Wildman–Crippen MR) is 109 cm³/mol. The molecule has 25 heavy (non-hydrogen) atoms. The Bertz CT molecular complexity index is 429. The van der Waals surface area contributed by atoms with Crippen LogP contribution < -0.4 is 5.32 Å². The second-order valence-electron chi connectivity index (χ2n) is 6.88. The second kappa shape index (κ2) is 14.5. The minimum Gasteiger partial charge on any atom is -0.376 e. The molecule has 0 saturated carbocycles. The van der Waals surface area contributed by atoms with Crippen LogP contribution in [-0.4, -0.2) is 45.1 Å². The first-order chi connectivity index (χ1) is 11.4. The zero-order valence-electron chi connectivity index (χ0n) is 18.3. The fourth-order valence-electron chi connectivity index (χ4n) is 1.96. The average Bonchev–Trinajstić information content (AvgIpc) is 2.49. The molecule has 0 aromatic heterocycles. The number of hydrogen-bond donors (Lipinski definition) is 1. The van der Waals surface area contributed by atoms with E-state index >= 15 is 0 Å². The van der Waals surface area contributed by atoms with Crippen LogP contribution in [0, 0.1) is 5.41 Å². The fraction of sp³-hybridized carbons (Fsp3) is 0.947. The first kappa shape index (κ1) is 29.2. The summed E-state index contributed by atoms with van der Waals surface area (Å²) in [6.07, 6.45) is 3.80. The van der Waals surface area contributed by atoms with E-state index in [2.05, 4.69) is 26.1 Å². The Morgan fingerprint density at radius 1 is 1.00 bits per heavy atom. The molecule has 0 unspecified atom stereocenters. The smallest absolute Gasteiger partial charge is 0.225 e. The van der Waals surface area contributed by atoms with Crippen molar-refractivity contribution in [1.29, 1.82) is 0 Å². The van der Waals surface area contributed by atoms with E-state index < -0.39 is 15.3 Å². The van der Waals surface area contributed by atoms with Crippen molar-refractivity contribution in [2.24, 2.45) is 5.41 Å². The van der Waals surface area contributed by atoms with Gasteiger partial charge in [0.15, 0.2) is 0 Å². The molecule has 0 spiro atoms. The first-order valence-electron chi connectivity index (χ1n) is 9.49. The van der Waals surface area contributed by atoms with Crippen molar-refractivity contribution in [2.45, 2.75) is 87.2 Å². The molecule has 1 amide bonds. The molecule has 154 valence electrons. The molecule has 5 nitrogen and oxygen atoms in total. The van der Waals surface area contributed by atoms with Crippen LogP contribution >= 0.6 is 0 Å². The Labute approximate surface area is 157 Å². The van der Waals surface area contributed by atoms with E-state index in [4.69, 9.17) is 4.74 Å². The molecule has 0 aliphatic rings. The zero-order chi connectivity index (χ0) is 20.7. The number of amides is 1. The van der Waals surface area contributed by atoms with Crippen molar-refractivity contribution >= 4 is 15.7 Å². The van der Waals surface area contributed by atoms with E-state index in [1.165, 1.54) is 0 Å². The van der Waals surface area contributed by atoms with Crippen LogP contribution in [-0.2, 0) is 19.4 Å². The van der Waals surface area contributed by atoms with Crippen molar-refractivity contribution < 1.29 is 17.9 Å². The molecule has 0 aliphatic carbocycles. The van der Waals surface area contributed by atoms with Crippen LogP contribution in [0.1, 0.15) is 81.6 Å². The lowest BCUT2D eigenvalue weighted by Gasteiger charge is -2.28. The highest BCUT2D eigenvalue weighted by Gasteiger charge is 2.28. The van der Waals surface area contributed by atoms with Gasteiger partial charge >= 0.3 is 0 Å². The van der Waals surface area contributed by atoms with Gasteiger partial charge in [-0.2, -0.15) is 0 Å². The zero-order valence-corrected chi connectivity index (χ0v) is 19.1. The number of nitrogens with one attached hydrogen (secondary N) is 1. The van der Waals surface area contributed by atoms with Gasteiger partial charge in [0.25, 0.3) is 0 Å². The maximum absolute atomic E-state index is 12.1. The van der Waals surface area contributed by atoms with Gasteiger partial charge in [0.05, 0.1) is 11.4 Å². The molecular weight excluding hydrogens is 338 g/mol. The number of carbonyl (C=O) groups excluding carboxylic acids is 1. The minimum atomic E-state index is -3.05. The molecular formula is C19H43NO4S. The third-order valence-corrected chi connectivity index (χ3v) is 4.39. The topological polar surface area (TPSA) is 72.5 Å². The van der Waals surface area contributed by atoms with E-state index in [1.54, 1.807) is 0 Å². The summed E-state index contributed by atoms with van der Waals surface area (Å²) in [5.41, 5.74) is -0.739. The largest absolute Gasteiger partial charge is 0.376 e. The summed E-state index contributed by atoms with van der Waals surface area (Å²) in [4.78, 5) is 12.1. The highest BCUT2D eigenvalue weighted by Crippen LogP contribution is 2.23. The molecule has 6 heteroatoms. The molecule has 0 rings (SSSR count). The highest BCUT2D eigenvalue weighted by molar-refractivity contribution is 7.90. The molecule has 0 radical (unpaired) electrons. The molecule has 0 aromatic rings. The Morgan fingerprint density at radius 3 is 1.88 bits per heavy atom. The molecule has 0 heterocycles. The van der Waals surface area contributed by atoms with Gasteiger partial charge in [0.2, 0.25) is 5.91 Å². The Hall–Kier alpha value is -0.620. The van der Waals surface area contributed by atoms with Crippen LogP contribution in [0.3, 0.4) is 0 Å². The van der Waals surface area contributed by atoms with Gasteiger partial charge in [-0.05, 0) is 26.7 Å². The van der Waals surface area contributed by atoms with Crippen LogP contribution in [0.2, 0.25) is 0 Å². The van der Waals surface area contributed by atoms with Crippen LogP contribution in [0.25, 0.3) is 0 Å². The summed E-state index contributed by atoms with van der Waals surface area (Å²) >= 11 is 0. The normalized spacial score (nSPS) is 11.6. The van der Waals surface area contributed by atoms with Crippen molar-refractivity contribution in [2.75, 3.05) is 25.2 Å². The van der Waals surface area contributed by atoms with E-state index in [0.29, 0.717) is 13.0 Å². The Kier molecular flexibility index (Phi) is 17.0. The minimum absolute atomic E-state index is 0.0329. The number of ether oxygens (including phenoxy) is 1. The lowest BCUT2D eigenvalue weighted by Crippen LogP contribution is -2.40. The lowest BCUT2D eigenvalue weighted by molar-refractivity contribution is -0.131. The molecule has 0 aromatic carbocycles. The van der Waals surface area contributed by atoms with E-state index in [9.17, 15) is 13.2 Å². The fourth-order valence-corrected chi connectivity index (χ4v) is 2.43. The van der Waals surface area contributed by atoms with E-state index in [1.807, 2.05) is 41.5 Å². The SMILES string of the molecule is CC.CC.CCCC(C)(C)OCCC(C)(C)C(=O)NCCS(C)(=O)=O. The second-order valence-corrected chi connectivity index (χ2v) is 9.14. The summed E-state index contributed by atoms with van der Waals surface area (Å²) in [5, 5.41) is 2.68. The summed E-state index contributed by atoms with van der Waals surface area (Å²) in [5.74, 6) is -0.169. The van der Waals surface area contributed by atoms with Gasteiger partial charge in [-0.15, -0.1) is 0 Å². The maximum Gasteiger partial charge on any atom is 0.225 e. The van der Waals surface area contributed by atoms with E-state index in [0.717, 1.165) is 19.1 Å². The Balaban J connectivity index is -0.00000112. The third kappa shape index (κ3) is 18.0. The predicted octanol–water partition coefficient (Wildman–Crippen LogP) is 4.21. The van der Waals surface area contributed by atoms with Crippen molar-refractivity contribution in [3.63, 3.8) is 0 Å². The van der Waals surface area contributed by atoms with Crippen molar-refractivity contribution in [1.82, 2.24) is 5.32 Å². The first-order valence-corrected chi connectivity index (χ1v) is 11.6. The number of hydrogen-bond acceptors (Lipinski definition) is 4. The van der Waals surface area contributed by atoms with E-state index in [-0.39, 0.29) is 23.8 Å². The number of carbonyl (C=O) groups is 1. The molecule has 0 aliphatic heterocycles. The maximum atomic E-state index is 12.1.